The number of carbonyl (C=O) groups excluding carboxylic acids is 4. The molecule has 1 fully saturated rings. The van der Waals surface area contributed by atoms with Gasteiger partial charge < -0.3 is 10.2 Å². The van der Waals surface area contributed by atoms with E-state index in [0.717, 1.165) is 10.5 Å². The van der Waals surface area contributed by atoms with Gasteiger partial charge in [0.1, 0.15) is 13.1 Å². The SMILES string of the molecule is Cc1ccc(NC(=O)CCC(=O)N2CC(=O)NC(=O)C2)cc1. The first kappa shape index (κ1) is 15.7. The molecule has 7 heteroatoms. The summed E-state index contributed by atoms with van der Waals surface area (Å²) in [5.41, 5.74) is 1.75. The van der Waals surface area contributed by atoms with Crippen molar-refractivity contribution in [3.63, 3.8) is 0 Å². The first-order valence-electron chi connectivity index (χ1n) is 6.91. The Morgan fingerprint density at radius 2 is 1.68 bits per heavy atom. The molecule has 2 rings (SSSR count). The molecular formula is C15H17N3O4. The molecule has 0 saturated carbocycles. The van der Waals surface area contributed by atoms with E-state index in [1.807, 2.05) is 19.1 Å². The lowest BCUT2D eigenvalue weighted by Gasteiger charge is -2.25. The van der Waals surface area contributed by atoms with Crippen molar-refractivity contribution in [3.8, 4) is 0 Å². The van der Waals surface area contributed by atoms with Crippen LogP contribution in [0.1, 0.15) is 18.4 Å². The normalized spacial score (nSPS) is 14.5. The van der Waals surface area contributed by atoms with E-state index in [4.69, 9.17) is 0 Å². The van der Waals surface area contributed by atoms with E-state index in [1.54, 1.807) is 12.1 Å². The van der Waals surface area contributed by atoms with Crippen molar-refractivity contribution in [2.24, 2.45) is 0 Å². The van der Waals surface area contributed by atoms with Crippen molar-refractivity contribution in [1.29, 1.82) is 0 Å². The number of hydrogen-bond donors (Lipinski definition) is 2. The average molecular weight is 303 g/mol. The molecule has 116 valence electrons. The van der Waals surface area contributed by atoms with E-state index < -0.39 is 11.8 Å². The Hall–Kier alpha value is -2.70. The molecule has 0 bridgehead atoms. The summed E-state index contributed by atoms with van der Waals surface area (Å²) >= 11 is 0. The van der Waals surface area contributed by atoms with Gasteiger partial charge in [0.05, 0.1) is 0 Å². The van der Waals surface area contributed by atoms with Gasteiger partial charge >= 0.3 is 0 Å². The standard InChI is InChI=1S/C15H17N3O4/c1-10-2-4-11(5-3-10)16-12(19)6-7-15(22)18-8-13(20)17-14(21)9-18/h2-5H,6-9H2,1H3,(H,16,19)(H,17,20,21). The maximum Gasteiger partial charge on any atom is 0.246 e. The highest BCUT2D eigenvalue weighted by molar-refractivity contribution is 6.03. The van der Waals surface area contributed by atoms with Crippen molar-refractivity contribution in [1.82, 2.24) is 10.2 Å². The van der Waals surface area contributed by atoms with Gasteiger partial charge in [0.2, 0.25) is 23.6 Å². The predicted octanol–water partition coefficient (Wildman–Crippen LogP) is 0.199. The molecule has 0 aliphatic carbocycles. The van der Waals surface area contributed by atoms with Crippen molar-refractivity contribution < 1.29 is 19.2 Å². The number of imide groups is 1. The molecule has 0 radical (unpaired) electrons. The Bertz CT molecular complexity index is 594. The van der Waals surface area contributed by atoms with Gasteiger partial charge in [-0.25, -0.2) is 0 Å². The van der Waals surface area contributed by atoms with Crippen molar-refractivity contribution >= 4 is 29.3 Å². The van der Waals surface area contributed by atoms with Crippen molar-refractivity contribution in [2.45, 2.75) is 19.8 Å². The Labute approximate surface area is 127 Å². The maximum atomic E-state index is 11.9. The lowest BCUT2D eigenvalue weighted by Crippen LogP contribution is -2.53. The average Bonchev–Trinajstić information content (AvgIpc) is 2.46. The van der Waals surface area contributed by atoms with Gasteiger partial charge in [-0.15, -0.1) is 0 Å². The molecule has 4 amide bonds. The second-order valence-corrected chi connectivity index (χ2v) is 5.14. The Kier molecular flexibility index (Phi) is 4.88. The predicted molar refractivity (Wildman–Crippen MR) is 78.8 cm³/mol. The van der Waals surface area contributed by atoms with Crippen LogP contribution in [-0.4, -0.2) is 41.6 Å². The summed E-state index contributed by atoms with van der Waals surface area (Å²) in [5.74, 6) is -1.69. The Morgan fingerprint density at radius 1 is 1.09 bits per heavy atom. The smallest absolute Gasteiger partial charge is 0.246 e. The summed E-state index contributed by atoms with van der Waals surface area (Å²) in [5, 5.41) is 4.80. The third kappa shape index (κ3) is 4.41. The minimum absolute atomic E-state index is 0.000973. The zero-order valence-corrected chi connectivity index (χ0v) is 12.2. The molecule has 0 spiro atoms. The van der Waals surface area contributed by atoms with Crippen LogP contribution in [0.3, 0.4) is 0 Å². The van der Waals surface area contributed by atoms with Crippen LogP contribution in [0.2, 0.25) is 0 Å². The van der Waals surface area contributed by atoms with Crippen molar-refractivity contribution in [3.05, 3.63) is 29.8 Å². The second kappa shape index (κ2) is 6.84. The zero-order chi connectivity index (χ0) is 16.1. The summed E-state index contributed by atoms with van der Waals surface area (Å²) in [6, 6.07) is 7.31. The van der Waals surface area contributed by atoms with E-state index in [9.17, 15) is 19.2 Å². The number of anilines is 1. The number of piperazine rings is 1. The lowest BCUT2D eigenvalue weighted by atomic mass is 10.2. The molecule has 0 unspecified atom stereocenters. The van der Waals surface area contributed by atoms with E-state index in [2.05, 4.69) is 10.6 Å². The zero-order valence-electron chi connectivity index (χ0n) is 12.2. The third-order valence-corrected chi connectivity index (χ3v) is 3.20. The van der Waals surface area contributed by atoms with E-state index in [-0.39, 0.29) is 37.7 Å². The number of aryl methyl sites for hydroxylation is 1. The van der Waals surface area contributed by atoms with Gasteiger partial charge in [0.25, 0.3) is 0 Å². The lowest BCUT2D eigenvalue weighted by molar-refractivity contribution is -0.145. The molecular weight excluding hydrogens is 286 g/mol. The quantitative estimate of drug-likeness (QED) is 0.777. The first-order chi connectivity index (χ1) is 10.4. The highest BCUT2D eigenvalue weighted by Gasteiger charge is 2.26. The van der Waals surface area contributed by atoms with Crippen LogP contribution in [0.5, 0.6) is 0 Å². The molecule has 1 aliphatic rings. The molecule has 1 aromatic carbocycles. The highest BCUT2D eigenvalue weighted by Crippen LogP contribution is 2.10. The number of benzene rings is 1. The molecule has 0 aromatic heterocycles. The van der Waals surface area contributed by atoms with Crippen LogP contribution >= 0.6 is 0 Å². The number of rotatable bonds is 4. The molecule has 1 aliphatic heterocycles. The maximum absolute atomic E-state index is 11.9. The number of nitrogens with one attached hydrogen (secondary N) is 2. The van der Waals surface area contributed by atoms with E-state index >= 15 is 0 Å². The van der Waals surface area contributed by atoms with Gasteiger partial charge in [0.15, 0.2) is 0 Å². The third-order valence-electron chi connectivity index (χ3n) is 3.20. The number of nitrogens with zero attached hydrogens (tertiary/aromatic N) is 1. The van der Waals surface area contributed by atoms with Gasteiger partial charge in [-0.3, -0.25) is 24.5 Å². The molecule has 1 saturated heterocycles. The van der Waals surface area contributed by atoms with E-state index in [1.165, 1.54) is 0 Å². The summed E-state index contributed by atoms with van der Waals surface area (Å²) < 4.78 is 0. The fourth-order valence-electron chi connectivity index (χ4n) is 2.05. The fraction of sp³-hybridized carbons (Fsp3) is 0.333. The van der Waals surface area contributed by atoms with Gasteiger partial charge in [-0.05, 0) is 19.1 Å². The van der Waals surface area contributed by atoms with Gasteiger partial charge in [0, 0.05) is 18.5 Å². The first-order valence-corrected chi connectivity index (χ1v) is 6.91. The highest BCUT2D eigenvalue weighted by atomic mass is 16.2. The van der Waals surface area contributed by atoms with Crippen molar-refractivity contribution in [2.75, 3.05) is 18.4 Å². The van der Waals surface area contributed by atoms with Crippen LogP contribution < -0.4 is 10.6 Å². The van der Waals surface area contributed by atoms with E-state index in [0.29, 0.717) is 5.69 Å². The second-order valence-electron chi connectivity index (χ2n) is 5.14. The fourth-order valence-corrected chi connectivity index (χ4v) is 2.05. The molecule has 2 N–H and O–H groups in total. The van der Waals surface area contributed by atoms with Crippen LogP contribution in [0.15, 0.2) is 24.3 Å². The summed E-state index contributed by atoms with van der Waals surface area (Å²) in [7, 11) is 0. The van der Waals surface area contributed by atoms with Crippen LogP contribution in [0.4, 0.5) is 5.69 Å². The Balaban J connectivity index is 1.80. The summed E-state index contributed by atoms with van der Waals surface area (Å²) in [4.78, 5) is 47.2. The van der Waals surface area contributed by atoms with Crippen LogP contribution in [0.25, 0.3) is 0 Å². The molecule has 22 heavy (non-hydrogen) atoms. The van der Waals surface area contributed by atoms with Gasteiger partial charge in [-0.2, -0.15) is 0 Å². The summed E-state index contributed by atoms with van der Waals surface area (Å²) in [6.45, 7) is 1.65. The number of carbonyl (C=O) groups is 4. The molecule has 1 heterocycles. The molecule has 0 atom stereocenters. The van der Waals surface area contributed by atoms with Crippen LogP contribution in [0, 0.1) is 6.92 Å². The van der Waals surface area contributed by atoms with Gasteiger partial charge in [-0.1, -0.05) is 17.7 Å². The molecule has 1 aromatic rings. The van der Waals surface area contributed by atoms with Crippen LogP contribution in [-0.2, 0) is 19.2 Å². The minimum atomic E-state index is -0.506. The monoisotopic (exact) mass is 303 g/mol. The topological polar surface area (TPSA) is 95.6 Å². The summed E-state index contributed by atoms with van der Waals surface area (Å²) in [6.07, 6.45) is -0.0444. The molecule has 7 nitrogen and oxygen atoms in total. The largest absolute Gasteiger partial charge is 0.326 e. The number of amides is 4. The minimum Gasteiger partial charge on any atom is -0.326 e. The Morgan fingerprint density at radius 3 is 2.27 bits per heavy atom. The number of hydrogen-bond acceptors (Lipinski definition) is 4.